The maximum atomic E-state index is 14.1. The minimum absolute atomic E-state index is 0.154. The highest BCUT2D eigenvalue weighted by atomic mass is 32.2. The molecule has 3 aliphatic rings. The first-order valence-electron chi connectivity index (χ1n) is 18.3. The third kappa shape index (κ3) is 9.37. The summed E-state index contributed by atoms with van der Waals surface area (Å²) in [6.07, 6.45) is 11.0. The van der Waals surface area contributed by atoms with Gasteiger partial charge in [0.15, 0.2) is 16.0 Å². The highest BCUT2D eigenvalue weighted by Gasteiger charge is 2.34. The summed E-state index contributed by atoms with van der Waals surface area (Å²) in [6, 6.07) is 10.0. The smallest absolute Gasteiger partial charge is 0.243 e. The fourth-order valence-electron chi connectivity index (χ4n) is 6.72. The monoisotopic (exact) mass is 726 g/mol. The molecule has 0 amide bonds. The van der Waals surface area contributed by atoms with Crippen LogP contribution in [0.25, 0.3) is 0 Å². The topological polar surface area (TPSA) is 142 Å². The van der Waals surface area contributed by atoms with Gasteiger partial charge in [0, 0.05) is 48.4 Å². The third-order valence-corrected chi connectivity index (χ3v) is 13.3. The highest BCUT2D eigenvalue weighted by Crippen LogP contribution is 2.34. The molecule has 2 aromatic carbocycles. The molecule has 2 N–H and O–H groups in total. The molecule has 16 heteroatoms. The fraction of sp³-hybridized carbons (Fsp3) is 0.588. The molecule has 12 nitrogen and oxygen atoms in total. The molecule has 0 bridgehead atoms. The Hall–Kier alpha value is -2.75. The van der Waals surface area contributed by atoms with E-state index >= 15 is 0 Å². The predicted octanol–water partition coefficient (Wildman–Crippen LogP) is 2.50. The van der Waals surface area contributed by atoms with Crippen molar-refractivity contribution in [2.24, 2.45) is 10.3 Å². The van der Waals surface area contributed by atoms with Crippen molar-refractivity contribution in [1.82, 2.24) is 19.1 Å². The molecule has 50 heavy (non-hydrogen) atoms. The van der Waals surface area contributed by atoms with Gasteiger partial charge in [-0.05, 0) is 75.9 Å². The van der Waals surface area contributed by atoms with E-state index in [-0.39, 0.29) is 9.79 Å². The largest absolute Gasteiger partial charge is 0.395 e. The van der Waals surface area contributed by atoms with Crippen molar-refractivity contribution in [3.8, 4) is 0 Å². The van der Waals surface area contributed by atoms with Crippen molar-refractivity contribution < 1.29 is 26.5 Å². The van der Waals surface area contributed by atoms with Crippen molar-refractivity contribution in [2.45, 2.75) is 86.8 Å². The van der Waals surface area contributed by atoms with Crippen LogP contribution >= 0.6 is 0 Å². The Morgan fingerprint density at radius 3 is 1.30 bits per heavy atom. The van der Waals surface area contributed by atoms with Crippen LogP contribution in [-0.2, 0) is 29.7 Å². The SMILES string of the molecule is BNCCCON=C1c2ccc(S(=O)(=O)N3CCCCCCC3)cc2C(=NOCCCNB)c2cc(S(=O)(=O)N3CCCCCCC3)ccc21. The Morgan fingerprint density at radius 1 is 0.560 bits per heavy atom. The fourth-order valence-corrected chi connectivity index (χ4v) is 9.81. The summed E-state index contributed by atoms with van der Waals surface area (Å²) in [5.74, 6) is 0. The Kier molecular flexibility index (Phi) is 14.4. The maximum absolute atomic E-state index is 14.1. The van der Waals surface area contributed by atoms with E-state index in [0.717, 1.165) is 83.7 Å². The van der Waals surface area contributed by atoms with E-state index in [0.29, 0.717) is 79.5 Å². The number of nitrogens with zero attached hydrogens (tertiary/aromatic N) is 4. The van der Waals surface area contributed by atoms with Gasteiger partial charge in [0.1, 0.15) is 24.6 Å². The molecule has 0 unspecified atom stereocenters. The molecule has 0 spiro atoms. The van der Waals surface area contributed by atoms with Crippen molar-refractivity contribution in [3.05, 3.63) is 58.7 Å². The van der Waals surface area contributed by atoms with Crippen LogP contribution in [0.5, 0.6) is 0 Å². The Morgan fingerprint density at radius 2 is 0.920 bits per heavy atom. The average Bonchev–Trinajstić information content (AvgIpc) is 3.07. The van der Waals surface area contributed by atoms with E-state index in [1.807, 2.05) is 16.0 Å². The van der Waals surface area contributed by atoms with Gasteiger partial charge in [-0.15, -0.1) is 0 Å². The van der Waals surface area contributed by atoms with E-state index in [1.54, 1.807) is 45.0 Å². The quantitative estimate of drug-likeness (QED) is 0.147. The first kappa shape index (κ1) is 38.5. The zero-order valence-electron chi connectivity index (χ0n) is 29.7. The number of oxime groups is 2. The lowest BCUT2D eigenvalue weighted by atomic mass is 9.83. The molecular weight excluding hydrogens is 674 g/mol. The van der Waals surface area contributed by atoms with Crippen molar-refractivity contribution in [1.29, 1.82) is 0 Å². The van der Waals surface area contributed by atoms with Crippen LogP contribution in [0.1, 0.15) is 99.3 Å². The zero-order valence-corrected chi connectivity index (χ0v) is 31.3. The number of rotatable bonds is 14. The predicted molar refractivity (Wildman–Crippen MR) is 202 cm³/mol. The van der Waals surface area contributed by atoms with Crippen LogP contribution in [0.15, 0.2) is 56.5 Å². The van der Waals surface area contributed by atoms with Crippen molar-refractivity contribution >= 4 is 47.4 Å². The van der Waals surface area contributed by atoms with Gasteiger partial charge in [-0.25, -0.2) is 16.8 Å². The minimum Gasteiger partial charge on any atom is -0.395 e. The van der Waals surface area contributed by atoms with Crippen LogP contribution in [0.4, 0.5) is 0 Å². The Bertz CT molecular complexity index is 1600. The molecule has 5 rings (SSSR count). The molecule has 0 atom stereocenters. The van der Waals surface area contributed by atoms with E-state index in [2.05, 4.69) is 20.8 Å². The molecule has 2 fully saturated rings. The second-order valence-electron chi connectivity index (χ2n) is 13.2. The Labute approximate surface area is 300 Å². The van der Waals surface area contributed by atoms with E-state index in [9.17, 15) is 16.8 Å². The van der Waals surface area contributed by atoms with Gasteiger partial charge in [-0.2, -0.15) is 8.61 Å². The number of sulfonamides is 2. The minimum atomic E-state index is -3.82. The second kappa shape index (κ2) is 18.7. The number of benzene rings is 2. The van der Waals surface area contributed by atoms with Gasteiger partial charge in [0.05, 0.1) is 9.79 Å². The van der Waals surface area contributed by atoms with Gasteiger partial charge < -0.3 is 20.1 Å². The molecule has 2 saturated heterocycles. The lowest BCUT2D eigenvalue weighted by Gasteiger charge is -2.27. The molecule has 0 saturated carbocycles. The molecule has 2 aromatic rings. The van der Waals surface area contributed by atoms with Crippen LogP contribution in [0.2, 0.25) is 0 Å². The Balaban J connectivity index is 1.63. The number of fused-ring (bicyclic) bond motifs is 2. The second-order valence-corrected chi connectivity index (χ2v) is 17.1. The third-order valence-electron chi connectivity index (χ3n) is 9.54. The van der Waals surface area contributed by atoms with E-state index < -0.39 is 20.0 Å². The molecular formula is C34H52B2N6O6S2. The average molecular weight is 727 g/mol. The van der Waals surface area contributed by atoms with Gasteiger partial charge >= 0.3 is 0 Å². The first-order valence-corrected chi connectivity index (χ1v) is 21.2. The van der Waals surface area contributed by atoms with Crippen molar-refractivity contribution in [3.63, 3.8) is 0 Å². The van der Waals surface area contributed by atoms with Crippen LogP contribution in [-0.4, -0.2) is 105 Å². The van der Waals surface area contributed by atoms with Crippen molar-refractivity contribution in [2.75, 3.05) is 52.5 Å². The first-order chi connectivity index (χ1) is 24.3. The summed E-state index contributed by atoms with van der Waals surface area (Å²) in [7, 11) is -3.90. The van der Waals surface area contributed by atoms with E-state index in [4.69, 9.17) is 9.68 Å². The lowest BCUT2D eigenvalue weighted by Crippen LogP contribution is -2.34. The number of hydrogen-bond acceptors (Lipinski definition) is 10. The van der Waals surface area contributed by atoms with Gasteiger partial charge in [-0.3, -0.25) is 0 Å². The standard InChI is InChI=1S/C34H52B2N6O6S2/c35-37-17-11-23-47-39-33-29-15-13-27(49(43,44)41-19-7-3-1-4-8-20-41)25-31(29)34(40-48-24-12-18-38-36)32-26-28(14-16-30(32)33)50(45,46)42-21-9-5-2-6-10-22-42/h13-16,25-26,37-38H,1-12,17-24,35-36H2. The summed E-state index contributed by atoms with van der Waals surface area (Å²) in [5.41, 5.74) is 3.11. The van der Waals surface area contributed by atoms with Gasteiger partial charge in [0.2, 0.25) is 20.0 Å². The van der Waals surface area contributed by atoms with Crippen LogP contribution in [0.3, 0.4) is 0 Å². The lowest BCUT2D eigenvalue weighted by molar-refractivity contribution is 0.142. The van der Waals surface area contributed by atoms with Crippen LogP contribution in [0, 0.1) is 0 Å². The summed E-state index contributed by atoms with van der Waals surface area (Å²) >= 11 is 0. The molecule has 1 aliphatic carbocycles. The van der Waals surface area contributed by atoms with E-state index in [1.165, 1.54) is 0 Å². The molecule has 0 aromatic heterocycles. The maximum Gasteiger partial charge on any atom is 0.243 e. The molecule has 0 radical (unpaired) electrons. The summed E-state index contributed by atoms with van der Waals surface area (Å²) < 4.78 is 59.5. The van der Waals surface area contributed by atoms with Gasteiger partial charge in [-0.1, -0.05) is 61.0 Å². The molecule has 272 valence electrons. The summed E-state index contributed by atoms with van der Waals surface area (Å²) in [5, 5.41) is 15.4. The van der Waals surface area contributed by atoms with Gasteiger partial charge in [0.25, 0.3) is 0 Å². The normalized spacial score (nSPS) is 18.2. The number of hydrogen-bond donors (Lipinski definition) is 2. The molecule has 2 heterocycles. The zero-order chi connectivity index (χ0) is 35.4. The summed E-state index contributed by atoms with van der Waals surface area (Å²) in [4.78, 5) is 12.0. The molecule has 2 aliphatic heterocycles. The summed E-state index contributed by atoms with van der Waals surface area (Å²) in [6.45, 7) is 4.08. The van der Waals surface area contributed by atoms with Crippen LogP contribution < -0.4 is 10.5 Å². The highest BCUT2D eigenvalue weighted by molar-refractivity contribution is 7.89. The number of nitrogens with one attached hydrogen (secondary N) is 2.